The molecule has 30 heavy (non-hydrogen) atoms. The zero-order valence-electron chi connectivity index (χ0n) is 18.0. The molecule has 0 spiro atoms. The van der Waals surface area contributed by atoms with Crippen LogP contribution in [-0.4, -0.2) is 75.4 Å². The molecule has 170 valence electrons. The van der Waals surface area contributed by atoms with Gasteiger partial charge in [0.2, 0.25) is 11.8 Å². The van der Waals surface area contributed by atoms with Gasteiger partial charge in [-0.05, 0) is 52.9 Å². The van der Waals surface area contributed by atoms with Crippen molar-refractivity contribution in [2.45, 2.75) is 89.6 Å². The van der Waals surface area contributed by atoms with Crippen molar-refractivity contribution in [3.63, 3.8) is 0 Å². The summed E-state index contributed by atoms with van der Waals surface area (Å²) in [5, 5.41) is 24.4. The fraction of sp³-hybridized carbons (Fsp3) is 0.800. The zero-order chi connectivity index (χ0) is 22.6. The van der Waals surface area contributed by atoms with E-state index in [4.69, 9.17) is 4.74 Å². The summed E-state index contributed by atoms with van der Waals surface area (Å²) in [7, 11) is 0. The maximum absolute atomic E-state index is 13.2. The summed E-state index contributed by atoms with van der Waals surface area (Å²) in [4.78, 5) is 51.0. The molecule has 4 N–H and O–H groups in total. The summed E-state index contributed by atoms with van der Waals surface area (Å²) in [6, 6.07) is -3.13. The maximum Gasteiger partial charge on any atom is 0.408 e. The van der Waals surface area contributed by atoms with Crippen molar-refractivity contribution in [2.75, 3.05) is 6.61 Å². The lowest BCUT2D eigenvalue weighted by molar-refractivity contribution is -0.151. The van der Waals surface area contributed by atoms with E-state index in [1.807, 2.05) is 0 Å². The lowest BCUT2D eigenvalue weighted by atomic mass is 9.94. The van der Waals surface area contributed by atoms with Gasteiger partial charge in [0.1, 0.15) is 23.7 Å². The summed E-state index contributed by atoms with van der Waals surface area (Å²) in [6.45, 7) is 6.50. The molecule has 2 aliphatic rings. The molecule has 2 saturated heterocycles. The minimum absolute atomic E-state index is 0.212. The van der Waals surface area contributed by atoms with Crippen molar-refractivity contribution >= 4 is 23.9 Å². The van der Waals surface area contributed by atoms with Crippen LogP contribution in [0.25, 0.3) is 0 Å². The predicted octanol–water partition coefficient (Wildman–Crippen LogP) is 0.621. The third-order valence-corrected chi connectivity index (χ3v) is 5.60. The standard InChI is InChI=1S/C20H33N3O7/c1-5-13(21-19(29)30-20(2,3)4)16(25)22-15-11(10-24)6-7-12-8-9-14(18(27)28)23(12)17(15)26/h11-15,24H,5-10H2,1-4H3,(H,21,29)(H,22,25)(H,27,28). The molecule has 0 aromatic rings. The largest absolute Gasteiger partial charge is 0.480 e. The number of hydrogen-bond acceptors (Lipinski definition) is 6. The van der Waals surface area contributed by atoms with Gasteiger partial charge in [-0.25, -0.2) is 9.59 Å². The maximum atomic E-state index is 13.2. The number of nitrogens with one attached hydrogen (secondary N) is 2. The first-order valence-corrected chi connectivity index (χ1v) is 10.4. The Morgan fingerprint density at radius 2 is 1.83 bits per heavy atom. The zero-order valence-corrected chi connectivity index (χ0v) is 18.0. The normalized spacial score (nSPS) is 27.6. The van der Waals surface area contributed by atoms with Crippen molar-refractivity contribution in [3.8, 4) is 0 Å². The van der Waals surface area contributed by atoms with Gasteiger partial charge in [0, 0.05) is 18.6 Å². The highest BCUT2D eigenvalue weighted by molar-refractivity contribution is 5.93. The Labute approximate surface area is 176 Å². The lowest BCUT2D eigenvalue weighted by Crippen LogP contribution is -2.58. The van der Waals surface area contributed by atoms with E-state index in [1.165, 1.54) is 4.90 Å². The van der Waals surface area contributed by atoms with Crippen LogP contribution in [0.2, 0.25) is 0 Å². The molecule has 2 aliphatic heterocycles. The van der Waals surface area contributed by atoms with Gasteiger partial charge in [-0.1, -0.05) is 6.92 Å². The van der Waals surface area contributed by atoms with Crippen LogP contribution >= 0.6 is 0 Å². The Balaban J connectivity index is 2.15. The third kappa shape index (κ3) is 5.62. The van der Waals surface area contributed by atoms with E-state index >= 15 is 0 Å². The summed E-state index contributed by atoms with van der Waals surface area (Å²) in [5.74, 6) is -2.68. The molecular weight excluding hydrogens is 394 g/mol. The van der Waals surface area contributed by atoms with Crippen LogP contribution in [0.1, 0.15) is 59.8 Å². The number of amides is 3. The Bertz CT molecular complexity index is 676. The van der Waals surface area contributed by atoms with Crippen molar-refractivity contribution in [1.82, 2.24) is 15.5 Å². The molecule has 0 aromatic carbocycles. The number of alkyl carbamates (subject to hydrolysis) is 1. The van der Waals surface area contributed by atoms with Gasteiger partial charge in [-0.3, -0.25) is 9.59 Å². The number of ether oxygens (including phenoxy) is 1. The van der Waals surface area contributed by atoms with Crippen LogP contribution in [0.4, 0.5) is 4.79 Å². The number of carboxylic acids is 1. The molecule has 0 radical (unpaired) electrons. The van der Waals surface area contributed by atoms with Crippen LogP contribution in [0.15, 0.2) is 0 Å². The molecule has 10 nitrogen and oxygen atoms in total. The number of rotatable bonds is 6. The molecule has 3 amide bonds. The number of aliphatic carboxylic acids is 1. The van der Waals surface area contributed by atoms with E-state index in [1.54, 1.807) is 27.7 Å². The van der Waals surface area contributed by atoms with Crippen LogP contribution < -0.4 is 10.6 Å². The Morgan fingerprint density at radius 1 is 1.20 bits per heavy atom. The topological polar surface area (TPSA) is 145 Å². The number of carbonyl (C=O) groups is 4. The minimum atomic E-state index is -1.07. The molecule has 10 heteroatoms. The first kappa shape index (κ1) is 23.9. The second kappa shape index (κ2) is 9.63. The number of aliphatic hydroxyl groups is 1. The molecule has 0 saturated carbocycles. The number of fused-ring (bicyclic) bond motifs is 1. The monoisotopic (exact) mass is 427 g/mol. The third-order valence-electron chi connectivity index (χ3n) is 5.60. The Kier molecular flexibility index (Phi) is 7.68. The number of carboxylic acid groups (broad SMARTS) is 1. The van der Waals surface area contributed by atoms with Crippen molar-refractivity contribution in [3.05, 3.63) is 0 Å². The van der Waals surface area contributed by atoms with Crippen LogP contribution in [0.5, 0.6) is 0 Å². The molecule has 2 rings (SSSR count). The van der Waals surface area contributed by atoms with Gasteiger partial charge in [0.05, 0.1) is 0 Å². The average Bonchev–Trinajstić information content (AvgIpc) is 3.02. The van der Waals surface area contributed by atoms with Crippen molar-refractivity contribution in [2.24, 2.45) is 5.92 Å². The van der Waals surface area contributed by atoms with Gasteiger partial charge in [-0.15, -0.1) is 0 Å². The second-order valence-electron chi connectivity index (χ2n) is 8.94. The molecule has 0 aromatic heterocycles. The van der Waals surface area contributed by atoms with Crippen LogP contribution in [0, 0.1) is 5.92 Å². The number of aliphatic hydroxyl groups excluding tert-OH is 1. The van der Waals surface area contributed by atoms with Gasteiger partial charge < -0.3 is 30.5 Å². The van der Waals surface area contributed by atoms with E-state index in [-0.39, 0.29) is 19.1 Å². The molecule has 2 heterocycles. The predicted molar refractivity (Wildman–Crippen MR) is 106 cm³/mol. The molecule has 5 atom stereocenters. The van der Waals surface area contributed by atoms with Gasteiger partial charge in [-0.2, -0.15) is 0 Å². The van der Waals surface area contributed by atoms with Gasteiger partial charge in [0.15, 0.2) is 0 Å². The second-order valence-corrected chi connectivity index (χ2v) is 8.94. The Hall–Kier alpha value is -2.36. The quantitative estimate of drug-likeness (QED) is 0.486. The summed E-state index contributed by atoms with van der Waals surface area (Å²) >= 11 is 0. The van der Waals surface area contributed by atoms with E-state index in [2.05, 4.69) is 10.6 Å². The average molecular weight is 427 g/mol. The number of carbonyl (C=O) groups excluding carboxylic acids is 3. The van der Waals surface area contributed by atoms with Crippen molar-refractivity contribution < 1.29 is 34.1 Å². The fourth-order valence-electron chi connectivity index (χ4n) is 4.11. The fourth-order valence-corrected chi connectivity index (χ4v) is 4.11. The number of nitrogens with zero attached hydrogens (tertiary/aromatic N) is 1. The molecular formula is C20H33N3O7. The first-order chi connectivity index (χ1) is 14.0. The lowest BCUT2D eigenvalue weighted by Gasteiger charge is -2.31. The minimum Gasteiger partial charge on any atom is -0.480 e. The van der Waals surface area contributed by atoms with Gasteiger partial charge >= 0.3 is 12.1 Å². The van der Waals surface area contributed by atoms with Gasteiger partial charge in [0.25, 0.3) is 0 Å². The summed E-state index contributed by atoms with van der Waals surface area (Å²) < 4.78 is 5.18. The van der Waals surface area contributed by atoms with Crippen LogP contribution in [0.3, 0.4) is 0 Å². The van der Waals surface area contributed by atoms with E-state index in [0.29, 0.717) is 25.7 Å². The highest BCUT2D eigenvalue weighted by atomic mass is 16.6. The number of hydrogen-bond donors (Lipinski definition) is 4. The van der Waals surface area contributed by atoms with Crippen LogP contribution in [-0.2, 0) is 19.1 Å². The molecule has 0 aliphatic carbocycles. The molecule has 5 unspecified atom stereocenters. The van der Waals surface area contributed by atoms with Crippen molar-refractivity contribution in [1.29, 1.82) is 0 Å². The Morgan fingerprint density at radius 3 is 2.37 bits per heavy atom. The van der Waals surface area contributed by atoms with E-state index in [0.717, 1.165) is 0 Å². The first-order valence-electron chi connectivity index (χ1n) is 10.4. The highest BCUT2D eigenvalue weighted by Crippen LogP contribution is 2.33. The molecule has 0 bridgehead atoms. The van der Waals surface area contributed by atoms with E-state index in [9.17, 15) is 29.4 Å². The molecule has 2 fully saturated rings. The summed E-state index contributed by atoms with van der Waals surface area (Å²) in [5.41, 5.74) is -0.727. The summed E-state index contributed by atoms with van der Waals surface area (Å²) in [6.07, 6.45) is 1.52. The highest BCUT2D eigenvalue weighted by Gasteiger charge is 2.47. The SMILES string of the molecule is CCC(NC(=O)OC(C)(C)C)C(=O)NC1C(=O)N2C(CCC1CO)CCC2C(=O)O. The van der Waals surface area contributed by atoms with E-state index < -0.39 is 53.5 Å². The smallest absolute Gasteiger partial charge is 0.408 e.